The van der Waals surface area contributed by atoms with Crippen LogP contribution in [0.4, 0.5) is 5.69 Å². The van der Waals surface area contributed by atoms with Crippen molar-refractivity contribution in [3.05, 3.63) is 37.9 Å². The summed E-state index contributed by atoms with van der Waals surface area (Å²) in [5, 5.41) is 11.6. The van der Waals surface area contributed by atoms with Gasteiger partial charge in [0.2, 0.25) is 0 Å². The Morgan fingerprint density at radius 1 is 1.33 bits per heavy atom. The first-order valence-corrected chi connectivity index (χ1v) is 8.07. The molecule has 1 heterocycles. The molecule has 0 N–H and O–H groups in total. The zero-order chi connectivity index (χ0) is 15.7. The van der Waals surface area contributed by atoms with Crippen molar-refractivity contribution in [3.8, 4) is 0 Å². The quantitative estimate of drug-likeness (QED) is 0.601. The fourth-order valence-corrected chi connectivity index (χ4v) is 4.08. The third kappa shape index (κ3) is 3.62. The van der Waals surface area contributed by atoms with Crippen LogP contribution in [-0.2, 0) is 0 Å². The van der Waals surface area contributed by atoms with Crippen LogP contribution in [0, 0.1) is 10.1 Å². The largest absolute Gasteiger partial charge is 0.336 e. The Balaban J connectivity index is 2.36. The number of halogens is 2. The number of amides is 1. The maximum atomic E-state index is 12.6. The number of hydrogen-bond donors (Lipinski definition) is 0. The van der Waals surface area contributed by atoms with Crippen molar-refractivity contribution in [1.82, 2.24) is 4.90 Å². The van der Waals surface area contributed by atoms with Gasteiger partial charge < -0.3 is 4.90 Å². The van der Waals surface area contributed by atoms with Crippen molar-refractivity contribution in [2.45, 2.75) is 24.3 Å². The highest BCUT2D eigenvalue weighted by Crippen LogP contribution is 2.33. The van der Waals surface area contributed by atoms with Crippen LogP contribution in [0.25, 0.3) is 0 Å². The summed E-state index contributed by atoms with van der Waals surface area (Å²) in [6.45, 7) is 5.26. The van der Waals surface area contributed by atoms with Crippen LogP contribution in [0.15, 0.2) is 12.1 Å². The third-order valence-corrected chi connectivity index (χ3v) is 5.19. The lowest BCUT2D eigenvalue weighted by Gasteiger charge is -2.34. The first kappa shape index (κ1) is 16.4. The van der Waals surface area contributed by atoms with E-state index in [1.165, 1.54) is 6.07 Å². The zero-order valence-corrected chi connectivity index (χ0v) is 13.8. The number of benzene rings is 1. The van der Waals surface area contributed by atoms with E-state index in [9.17, 15) is 14.9 Å². The molecule has 1 aromatic carbocycles. The van der Waals surface area contributed by atoms with Crippen molar-refractivity contribution in [1.29, 1.82) is 0 Å². The molecule has 1 aliphatic heterocycles. The molecular weight excluding hydrogens is 335 g/mol. The minimum Gasteiger partial charge on any atom is -0.336 e. The second-order valence-corrected chi connectivity index (χ2v) is 7.68. The van der Waals surface area contributed by atoms with Crippen LogP contribution in [0.2, 0.25) is 10.0 Å². The molecule has 1 fully saturated rings. The summed E-state index contributed by atoms with van der Waals surface area (Å²) in [6, 6.07) is 2.34. The van der Waals surface area contributed by atoms with Crippen LogP contribution < -0.4 is 0 Å². The minimum absolute atomic E-state index is 0.0155. The number of rotatable bonds is 2. The standard InChI is InChI=1S/C13H14Cl2N2O3S/c1-7-5-16(6-8(2)21-7)13(18)10-3-9(17(19)20)4-11(14)12(10)15/h3-4,7-8H,5-6H2,1-2H3. The Morgan fingerprint density at radius 2 is 1.90 bits per heavy atom. The number of nitrogens with zero attached hydrogens (tertiary/aromatic N) is 2. The van der Waals surface area contributed by atoms with Crippen LogP contribution >= 0.6 is 35.0 Å². The van der Waals surface area contributed by atoms with Crippen molar-refractivity contribution >= 4 is 46.6 Å². The second kappa shape index (κ2) is 6.42. The number of carbonyl (C=O) groups excluding carboxylic acids is 1. The number of thioether (sulfide) groups is 1. The summed E-state index contributed by atoms with van der Waals surface area (Å²) in [5.74, 6) is -0.315. The molecule has 21 heavy (non-hydrogen) atoms. The topological polar surface area (TPSA) is 63.5 Å². The Bertz CT molecular complexity index is 587. The van der Waals surface area contributed by atoms with Crippen LogP contribution in [0.5, 0.6) is 0 Å². The smallest absolute Gasteiger partial charge is 0.271 e. The van der Waals surface area contributed by atoms with Gasteiger partial charge >= 0.3 is 0 Å². The molecule has 2 rings (SSSR count). The van der Waals surface area contributed by atoms with Gasteiger partial charge in [0.05, 0.1) is 20.5 Å². The molecule has 0 radical (unpaired) electrons. The average molecular weight is 349 g/mol. The molecular formula is C13H14Cl2N2O3S. The number of nitro groups is 1. The van der Waals surface area contributed by atoms with E-state index >= 15 is 0 Å². The molecule has 1 aromatic rings. The van der Waals surface area contributed by atoms with Gasteiger partial charge in [0, 0.05) is 35.7 Å². The summed E-state index contributed by atoms with van der Waals surface area (Å²) >= 11 is 13.8. The molecule has 2 unspecified atom stereocenters. The predicted molar refractivity (Wildman–Crippen MR) is 85.5 cm³/mol. The monoisotopic (exact) mass is 348 g/mol. The van der Waals surface area contributed by atoms with Gasteiger partial charge in [-0.05, 0) is 0 Å². The highest BCUT2D eigenvalue weighted by molar-refractivity contribution is 8.00. The van der Waals surface area contributed by atoms with Crippen LogP contribution in [0.3, 0.4) is 0 Å². The summed E-state index contributed by atoms with van der Waals surface area (Å²) in [6.07, 6.45) is 0. The molecule has 0 saturated carbocycles. The van der Waals surface area contributed by atoms with Gasteiger partial charge in [-0.15, -0.1) is 0 Å². The van der Waals surface area contributed by atoms with Gasteiger partial charge in [-0.1, -0.05) is 37.0 Å². The molecule has 1 saturated heterocycles. The SMILES string of the molecule is CC1CN(C(=O)c2cc([N+](=O)[O-])cc(Cl)c2Cl)CC(C)S1. The number of carbonyl (C=O) groups is 1. The van der Waals surface area contributed by atoms with Crippen LogP contribution in [-0.4, -0.2) is 39.3 Å². The molecule has 1 aliphatic rings. The molecule has 0 aromatic heterocycles. The molecule has 5 nitrogen and oxygen atoms in total. The number of non-ortho nitro benzene ring substituents is 1. The Kier molecular flexibility index (Phi) is 5.01. The zero-order valence-electron chi connectivity index (χ0n) is 11.5. The van der Waals surface area contributed by atoms with Gasteiger partial charge in [-0.3, -0.25) is 14.9 Å². The van der Waals surface area contributed by atoms with E-state index in [1.807, 2.05) is 25.6 Å². The molecule has 1 amide bonds. The van der Waals surface area contributed by atoms with E-state index < -0.39 is 4.92 Å². The second-order valence-electron chi connectivity index (χ2n) is 5.01. The Morgan fingerprint density at radius 3 is 2.43 bits per heavy atom. The lowest BCUT2D eigenvalue weighted by atomic mass is 10.1. The minimum atomic E-state index is -0.587. The summed E-state index contributed by atoms with van der Waals surface area (Å²) in [4.78, 5) is 24.6. The fraction of sp³-hybridized carbons (Fsp3) is 0.462. The first-order valence-electron chi connectivity index (χ1n) is 6.37. The van der Waals surface area contributed by atoms with Gasteiger partial charge in [-0.2, -0.15) is 11.8 Å². The van der Waals surface area contributed by atoms with Gasteiger partial charge in [0.1, 0.15) is 0 Å². The summed E-state index contributed by atoms with van der Waals surface area (Å²) in [5.41, 5.74) is -0.151. The Hall–Kier alpha value is -0.980. The van der Waals surface area contributed by atoms with Crippen molar-refractivity contribution < 1.29 is 9.72 Å². The highest BCUT2D eigenvalue weighted by atomic mass is 35.5. The van der Waals surface area contributed by atoms with E-state index in [1.54, 1.807) is 4.90 Å². The van der Waals surface area contributed by atoms with Crippen molar-refractivity contribution in [2.24, 2.45) is 0 Å². The molecule has 0 bridgehead atoms. The summed E-state index contributed by atoms with van der Waals surface area (Å²) in [7, 11) is 0. The molecule has 0 spiro atoms. The predicted octanol–water partition coefficient (Wildman–Crippen LogP) is 3.87. The van der Waals surface area contributed by atoms with Crippen molar-refractivity contribution in [3.63, 3.8) is 0 Å². The van der Waals surface area contributed by atoms with E-state index in [-0.39, 0.29) is 27.2 Å². The first-order chi connectivity index (χ1) is 9.79. The van der Waals surface area contributed by atoms with Gasteiger partial charge in [0.15, 0.2) is 0 Å². The fourth-order valence-electron chi connectivity index (χ4n) is 2.35. The Labute approximate surface area is 136 Å². The third-order valence-electron chi connectivity index (χ3n) is 3.16. The maximum absolute atomic E-state index is 12.6. The van der Waals surface area contributed by atoms with E-state index in [0.717, 1.165) is 6.07 Å². The van der Waals surface area contributed by atoms with Crippen molar-refractivity contribution in [2.75, 3.05) is 13.1 Å². The highest BCUT2D eigenvalue weighted by Gasteiger charge is 2.29. The lowest BCUT2D eigenvalue weighted by Crippen LogP contribution is -2.44. The van der Waals surface area contributed by atoms with E-state index in [0.29, 0.717) is 23.6 Å². The molecule has 8 heteroatoms. The summed E-state index contributed by atoms with van der Waals surface area (Å²) < 4.78 is 0. The lowest BCUT2D eigenvalue weighted by molar-refractivity contribution is -0.384. The average Bonchev–Trinajstić information content (AvgIpc) is 2.39. The van der Waals surface area contributed by atoms with Gasteiger partial charge in [0.25, 0.3) is 11.6 Å². The number of hydrogen-bond acceptors (Lipinski definition) is 4. The molecule has 0 aliphatic carbocycles. The van der Waals surface area contributed by atoms with E-state index in [2.05, 4.69) is 0 Å². The normalized spacial score (nSPS) is 22.2. The maximum Gasteiger partial charge on any atom is 0.271 e. The molecule has 2 atom stereocenters. The van der Waals surface area contributed by atoms with Gasteiger partial charge in [-0.25, -0.2) is 0 Å². The van der Waals surface area contributed by atoms with Crippen LogP contribution in [0.1, 0.15) is 24.2 Å². The number of nitro benzene ring substituents is 1. The molecule has 114 valence electrons. The van der Waals surface area contributed by atoms with E-state index in [4.69, 9.17) is 23.2 Å².